The van der Waals surface area contributed by atoms with E-state index in [1.54, 1.807) is 0 Å². The summed E-state index contributed by atoms with van der Waals surface area (Å²) in [5.74, 6) is -0.239. The van der Waals surface area contributed by atoms with Gasteiger partial charge in [-0.2, -0.15) is 5.10 Å². The van der Waals surface area contributed by atoms with E-state index in [4.69, 9.17) is 14.8 Å². The number of anilines is 1. The lowest BCUT2D eigenvalue weighted by Crippen LogP contribution is -2.26. The maximum absolute atomic E-state index is 12.3. The van der Waals surface area contributed by atoms with E-state index < -0.39 is 0 Å². The third-order valence-corrected chi connectivity index (χ3v) is 7.68. The SMILES string of the molecule is CCOC(=O)[C@H]1CC[C@@H](n2nc(-c3ccc(C)nc3)c3c2-c2sc(NC(C)=O)nc2CC3)CC1. The molecule has 0 saturated heterocycles. The second-order valence-corrected chi connectivity index (χ2v) is 10.0. The summed E-state index contributed by atoms with van der Waals surface area (Å²) in [6.45, 7) is 5.75. The van der Waals surface area contributed by atoms with Crippen LogP contribution in [0.1, 0.15) is 62.5 Å². The summed E-state index contributed by atoms with van der Waals surface area (Å²) in [7, 11) is 0. The molecule has 0 aromatic carbocycles. The van der Waals surface area contributed by atoms with E-state index in [9.17, 15) is 9.59 Å². The molecule has 3 heterocycles. The number of nitrogens with zero attached hydrogens (tertiary/aromatic N) is 4. The lowest BCUT2D eigenvalue weighted by Gasteiger charge is -2.29. The van der Waals surface area contributed by atoms with Gasteiger partial charge in [0.2, 0.25) is 5.91 Å². The van der Waals surface area contributed by atoms with Gasteiger partial charge in [0.05, 0.1) is 40.5 Å². The molecule has 1 amide bonds. The van der Waals surface area contributed by atoms with E-state index in [1.165, 1.54) is 23.8 Å². The van der Waals surface area contributed by atoms with Gasteiger partial charge >= 0.3 is 5.97 Å². The molecule has 0 unspecified atom stereocenters. The summed E-state index contributed by atoms with van der Waals surface area (Å²) in [6.07, 6.45) is 6.88. The van der Waals surface area contributed by atoms with Crippen molar-refractivity contribution >= 4 is 28.3 Å². The van der Waals surface area contributed by atoms with Crippen LogP contribution in [-0.4, -0.2) is 38.2 Å². The fourth-order valence-corrected chi connectivity index (χ4v) is 6.14. The predicted octanol–water partition coefficient (Wildman–Crippen LogP) is 4.73. The molecule has 0 atom stereocenters. The van der Waals surface area contributed by atoms with Gasteiger partial charge in [0, 0.05) is 29.9 Å². The van der Waals surface area contributed by atoms with Gasteiger partial charge in [0.25, 0.3) is 0 Å². The summed E-state index contributed by atoms with van der Waals surface area (Å²) >= 11 is 1.51. The Hall–Kier alpha value is -3.07. The average molecular weight is 480 g/mol. The van der Waals surface area contributed by atoms with Crippen molar-refractivity contribution < 1.29 is 14.3 Å². The number of hydrogen-bond donors (Lipinski definition) is 1. The number of carbonyl (C=O) groups excluding carboxylic acids is 2. The van der Waals surface area contributed by atoms with Crippen LogP contribution in [0, 0.1) is 12.8 Å². The van der Waals surface area contributed by atoms with Crippen molar-refractivity contribution in [1.29, 1.82) is 0 Å². The first-order chi connectivity index (χ1) is 16.4. The molecule has 34 heavy (non-hydrogen) atoms. The zero-order valence-corrected chi connectivity index (χ0v) is 20.6. The fraction of sp³-hybridized carbons (Fsp3) is 0.480. The summed E-state index contributed by atoms with van der Waals surface area (Å²) in [5, 5.41) is 8.61. The van der Waals surface area contributed by atoms with Gasteiger partial charge in [-0.25, -0.2) is 4.98 Å². The summed E-state index contributed by atoms with van der Waals surface area (Å²) in [6, 6.07) is 4.29. The Bertz CT molecular complexity index is 1220. The Labute approximate surface area is 202 Å². The molecule has 2 aliphatic rings. The first-order valence-corrected chi connectivity index (χ1v) is 12.7. The number of carbonyl (C=O) groups is 2. The van der Waals surface area contributed by atoms with Gasteiger partial charge in [0.1, 0.15) is 0 Å². The Kier molecular flexibility index (Phi) is 6.20. The molecule has 3 aromatic rings. The van der Waals surface area contributed by atoms with Gasteiger partial charge in [-0.15, -0.1) is 0 Å². The number of ether oxygens (including phenoxy) is 1. The van der Waals surface area contributed by atoms with Crippen molar-refractivity contribution in [1.82, 2.24) is 19.7 Å². The number of aryl methyl sites for hydroxylation is 2. The minimum absolute atomic E-state index is 0.0336. The highest BCUT2D eigenvalue weighted by Gasteiger charge is 2.34. The van der Waals surface area contributed by atoms with Gasteiger partial charge in [-0.1, -0.05) is 11.3 Å². The Morgan fingerprint density at radius 2 is 2.00 bits per heavy atom. The van der Waals surface area contributed by atoms with Crippen LogP contribution >= 0.6 is 11.3 Å². The topological polar surface area (TPSA) is 99.0 Å². The zero-order valence-electron chi connectivity index (χ0n) is 19.8. The van der Waals surface area contributed by atoms with Crippen molar-refractivity contribution in [2.45, 2.75) is 65.3 Å². The Balaban J connectivity index is 1.54. The van der Waals surface area contributed by atoms with Crippen LogP contribution in [0.2, 0.25) is 0 Å². The third-order valence-electron chi connectivity index (χ3n) is 6.66. The van der Waals surface area contributed by atoms with Gasteiger partial charge in [0.15, 0.2) is 5.13 Å². The molecule has 3 aromatic heterocycles. The van der Waals surface area contributed by atoms with Crippen molar-refractivity contribution in [3.05, 3.63) is 35.3 Å². The van der Waals surface area contributed by atoms with Crippen molar-refractivity contribution in [2.24, 2.45) is 5.92 Å². The number of nitrogens with one attached hydrogen (secondary N) is 1. The van der Waals surface area contributed by atoms with E-state index in [2.05, 4.69) is 21.0 Å². The maximum atomic E-state index is 12.3. The minimum Gasteiger partial charge on any atom is -0.466 e. The number of pyridine rings is 1. The quantitative estimate of drug-likeness (QED) is 0.531. The second kappa shape index (κ2) is 9.29. The number of hydrogen-bond acceptors (Lipinski definition) is 7. The van der Waals surface area contributed by atoms with Crippen LogP contribution < -0.4 is 5.32 Å². The molecule has 0 radical (unpaired) electrons. The van der Waals surface area contributed by atoms with Crippen LogP contribution in [0.25, 0.3) is 21.8 Å². The lowest BCUT2D eigenvalue weighted by molar-refractivity contribution is -0.149. The molecule has 9 heteroatoms. The summed E-state index contributed by atoms with van der Waals surface area (Å²) in [4.78, 5) is 34.2. The highest BCUT2D eigenvalue weighted by atomic mass is 32.1. The van der Waals surface area contributed by atoms with Gasteiger partial charge < -0.3 is 10.1 Å². The zero-order chi connectivity index (χ0) is 23.8. The summed E-state index contributed by atoms with van der Waals surface area (Å²) in [5.41, 5.74) is 6.27. The van der Waals surface area contributed by atoms with E-state index in [1.807, 2.05) is 26.1 Å². The first-order valence-electron chi connectivity index (χ1n) is 11.9. The highest BCUT2D eigenvalue weighted by molar-refractivity contribution is 7.19. The maximum Gasteiger partial charge on any atom is 0.308 e. The van der Waals surface area contributed by atoms with Gasteiger partial charge in [-0.3, -0.25) is 19.3 Å². The smallest absolute Gasteiger partial charge is 0.308 e. The molecule has 0 spiro atoms. The van der Waals surface area contributed by atoms with Crippen LogP contribution in [0.4, 0.5) is 5.13 Å². The number of esters is 1. The standard InChI is InChI=1S/C25H29N5O3S/c1-4-33-24(32)16-7-9-18(10-8-16)30-22-19(21(29-30)17-6-5-14(2)26-13-17)11-12-20-23(22)34-25(28-20)27-15(3)31/h5-6,13,16,18H,4,7-12H2,1-3H3,(H,27,28,31)/t16-,18+. The average Bonchev–Trinajstić information content (AvgIpc) is 3.40. The predicted molar refractivity (Wildman–Crippen MR) is 131 cm³/mol. The molecule has 1 N–H and O–H groups in total. The Morgan fingerprint density at radius 1 is 1.21 bits per heavy atom. The molecule has 178 valence electrons. The normalized spacial score (nSPS) is 19.3. The van der Waals surface area contributed by atoms with E-state index >= 15 is 0 Å². The fourth-order valence-electron chi connectivity index (χ4n) is 5.02. The largest absolute Gasteiger partial charge is 0.466 e. The number of amides is 1. The van der Waals surface area contributed by atoms with E-state index in [0.29, 0.717) is 11.7 Å². The van der Waals surface area contributed by atoms with Crippen molar-refractivity contribution in [3.63, 3.8) is 0 Å². The lowest BCUT2D eigenvalue weighted by atomic mass is 9.85. The molecular formula is C25H29N5O3S. The molecule has 1 fully saturated rings. The molecule has 5 rings (SSSR count). The molecule has 0 aliphatic heterocycles. The minimum atomic E-state index is -0.122. The monoisotopic (exact) mass is 479 g/mol. The van der Waals surface area contributed by atoms with Crippen LogP contribution in [0.15, 0.2) is 18.3 Å². The van der Waals surface area contributed by atoms with Crippen LogP contribution in [0.3, 0.4) is 0 Å². The van der Waals surface area contributed by atoms with Crippen LogP contribution in [0.5, 0.6) is 0 Å². The number of rotatable bonds is 5. The van der Waals surface area contributed by atoms with Crippen molar-refractivity contribution in [2.75, 3.05) is 11.9 Å². The number of thiazole rings is 1. The van der Waals surface area contributed by atoms with E-state index in [-0.39, 0.29) is 23.8 Å². The number of aromatic nitrogens is 4. The molecular weight excluding hydrogens is 450 g/mol. The van der Waals surface area contributed by atoms with Gasteiger partial charge in [-0.05, 0) is 64.5 Å². The molecule has 1 saturated carbocycles. The molecule has 0 bridgehead atoms. The van der Waals surface area contributed by atoms with Crippen LogP contribution in [-0.2, 0) is 27.2 Å². The first kappa shape index (κ1) is 22.7. The number of fused-ring (bicyclic) bond motifs is 3. The molecule has 2 aliphatic carbocycles. The second-order valence-electron chi connectivity index (χ2n) is 9.04. The van der Waals surface area contributed by atoms with E-state index in [0.717, 1.165) is 71.7 Å². The molecule has 8 nitrogen and oxygen atoms in total. The highest BCUT2D eigenvalue weighted by Crippen LogP contribution is 2.46. The Morgan fingerprint density at radius 3 is 2.68 bits per heavy atom. The third kappa shape index (κ3) is 4.24. The summed E-state index contributed by atoms with van der Waals surface area (Å²) < 4.78 is 7.42. The van der Waals surface area contributed by atoms with Crippen molar-refractivity contribution in [3.8, 4) is 21.8 Å².